The summed E-state index contributed by atoms with van der Waals surface area (Å²) < 4.78 is 0. The van der Waals surface area contributed by atoms with Crippen molar-refractivity contribution in [3.05, 3.63) is 46.0 Å². The van der Waals surface area contributed by atoms with Gasteiger partial charge in [-0.25, -0.2) is 0 Å². The molecule has 0 spiro atoms. The van der Waals surface area contributed by atoms with Gasteiger partial charge in [0.05, 0.1) is 11.5 Å². The van der Waals surface area contributed by atoms with Crippen molar-refractivity contribution in [1.82, 2.24) is 0 Å². The van der Waals surface area contributed by atoms with Gasteiger partial charge in [-0.3, -0.25) is 15.1 Å². The van der Waals surface area contributed by atoms with Crippen LogP contribution in [-0.2, 0) is 0 Å². The Morgan fingerprint density at radius 2 is 2.09 bits per heavy atom. The van der Waals surface area contributed by atoms with Crippen molar-refractivity contribution < 1.29 is 4.92 Å². The molecule has 1 aliphatic rings. The van der Waals surface area contributed by atoms with Gasteiger partial charge in [0.2, 0.25) is 0 Å². The van der Waals surface area contributed by atoms with Gasteiger partial charge in [-0.05, 0) is 26.3 Å². The molecule has 0 radical (unpaired) electrons. The Balaban J connectivity index is 2.46. The number of nitrogens with zero attached hydrogens (tertiary/aromatic N) is 3. The molecule has 0 N–H and O–H groups in total. The Labute approximate surface area is 131 Å². The molecule has 0 saturated heterocycles. The summed E-state index contributed by atoms with van der Waals surface area (Å²) in [4.78, 5) is 17.7. The third kappa shape index (κ3) is 3.18. The van der Waals surface area contributed by atoms with E-state index in [0.717, 1.165) is 36.4 Å². The maximum atomic E-state index is 11.5. The predicted molar refractivity (Wildman–Crippen MR) is 91.0 cm³/mol. The SMILES string of the molecule is C=C1CN=C(c2ccc(N(CC)CC)c([N+](=O)[O-])c2)C(C)C1. The second-order valence-electron chi connectivity index (χ2n) is 5.69. The maximum absolute atomic E-state index is 11.5. The standard InChI is InChI=1S/C17H23N3O2/c1-5-19(6-2)15-8-7-14(10-16(15)20(21)22)17-13(4)9-12(3)11-18-17/h7-8,10,13H,3,5-6,9,11H2,1-2,4H3. The van der Waals surface area contributed by atoms with Crippen LogP contribution in [-0.4, -0.2) is 30.3 Å². The zero-order chi connectivity index (χ0) is 16.3. The van der Waals surface area contributed by atoms with E-state index in [4.69, 9.17) is 0 Å². The Bertz CT molecular complexity index is 618. The fourth-order valence-corrected chi connectivity index (χ4v) is 2.98. The minimum absolute atomic E-state index is 0.153. The van der Waals surface area contributed by atoms with Crippen molar-refractivity contribution in [2.45, 2.75) is 27.2 Å². The van der Waals surface area contributed by atoms with Gasteiger partial charge in [0.1, 0.15) is 5.69 Å². The average molecular weight is 301 g/mol. The molecule has 1 aromatic rings. The van der Waals surface area contributed by atoms with Crippen LogP contribution in [0.1, 0.15) is 32.8 Å². The van der Waals surface area contributed by atoms with Crippen LogP contribution in [0.4, 0.5) is 11.4 Å². The lowest BCUT2D eigenvalue weighted by molar-refractivity contribution is -0.384. The Morgan fingerprint density at radius 1 is 1.41 bits per heavy atom. The number of anilines is 1. The van der Waals surface area contributed by atoms with E-state index in [0.29, 0.717) is 12.2 Å². The summed E-state index contributed by atoms with van der Waals surface area (Å²) in [7, 11) is 0. The molecule has 0 saturated carbocycles. The molecule has 118 valence electrons. The fraction of sp³-hybridized carbons (Fsp3) is 0.471. The number of rotatable bonds is 5. The van der Waals surface area contributed by atoms with Crippen LogP contribution in [0.3, 0.4) is 0 Å². The molecule has 0 amide bonds. The van der Waals surface area contributed by atoms with Crippen LogP contribution < -0.4 is 4.90 Å². The van der Waals surface area contributed by atoms with Crippen molar-refractivity contribution in [3.8, 4) is 0 Å². The first kappa shape index (κ1) is 16.2. The van der Waals surface area contributed by atoms with Gasteiger partial charge in [0.25, 0.3) is 5.69 Å². The Kier molecular flexibility index (Phi) is 4.96. The zero-order valence-electron chi connectivity index (χ0n) is 13.5. The fourth-order valence-electron chi connectivity index (χ4n) is 2.98. The van der Waals surface area contributed by atoms with E-state index >= 15 is 0 Å². The summed E-state index contributed by atoms with van der Waals surface area (Å²) in [5.41, 5.74) is 3.74. The van der Waals surface area contributed by atoms with Crippen molar-refractivity contribution in [2.24, 2.45) is 10.9 Å². The summed E-state index contributed by atoms with van der Waals surface area (Å²) in [6.45, 7) is 12.2. The number of hydrogen-bond donors (Lipinski definition) is 0. The van der Waals surface area contributed by atoms with E-state index in [9.17, 15) is 10.1 Å². The van der Waals surface area contributed by atoms with Crippen molar-refractivity contribution in [1.29, 1.82) is 0 Å². The molecule has 1 aliphatic heterocycles. The maximum Gasteiger partial charge on any atom is 0.293 e. The first-order valence-corrected chi connectivity index (χ1v) is 7.72. The number of nitro groups is 1. The monoisotopic (exact) mass is 301 g/mol. The lowest BCUT2D eigenvalue weighted by Crippen LogP contribution is -2.24. The molecule has 0 aliphatic carbocycles. The average Bonchev–Trinajstić information content (AvgIpc) is 2.49. The van der Waals surface area contributed by atoms with E-state index < -0.39 is 0 Å². The molecule has 1 aromatic carbocycles. The molecule has 5 nitrogen and oxygen atoms in total. The second kappa shape index (κ2) is 6.73. The molecule has 1 atom stereocenters. The van der Waals surface area contributed by atoms with Crippen LogP contribution in [0.5, 0.6) is 0 Å². The molecule has 1 heterocycles. The van der Waals surface area contributed by atoms with Crippen molar-refractivity contribution in [2.75, 3.05) is 24.5 Å². The van der Waals surface area contributed by atoms with Crippen molar-refractivity contribution in [3.63, 3.8) is 0 Å². The molecule has 5 heteroatoms. The smallest absolute Gasteiger partial charge is 0.293 e. The van der Waals surface area contributed by atoms with Gasteiger partial charge in [0.15, 0.2) is 0 Å². The molecular weight excluding hydrogens is 278 g/mol. The van der Waals surface area contributed by atoms with Gasteiger partial charge < -0.3 is 4.90 Å². The van der Waals surface area contributed by atoms with Crippen LogP contribution >= 0.6 is 0 Å². The molecule has 1 unspecified atom stereocenters. The third-order valence-electron chi connectivity index (χ3n) is 4.11. The summed E-state index contributed by atoms with van der Waals surface area (Å²) in [5.74, 6) is 0.250. The van der Waals surface area contributed by atoms with E-state index in [-0.39, 0.29) is 16.5 Å². The summed E-state index contributed by atoms with van der Waals surface area (Å²) in [6.07, 6.45) is 0.893. The number of nitro benzene ring substituents is 1. The molecule has 22 heavy (non-hydrogen) atoms. The van der Waals surface area contributed by atoms with Crippen LogP contribution in [0.25, 0.3) is 0 Å². The highest BCUT2D eigenvalue weighted by Crippen LogP contribution is 2.31. The van der Waals surface area contributed by atoms with Crippen LogP contribution in [0.2, 0.25) is 0 Å². The Morgan fingerprint density at radius 3 is 2.64 bits per heavy atom. The highest BCUT2D eigenvalue weighted by Gasteiger charge is 2.23. The second-order valence-corrected chi connectivity index (χ2v) is 5.69. The summed E-state index contributed by atoms with van der Waals surface area (Å²) in [6, 6.07) is 5.46. The van der Waals surface area contributed by atoms with Gasteiger partial charge >= 0.3 is 0 Å². The topological polar surface area (TPSA) is 58.7 Å². The van der Waals surface area contributed by atoms with E-state index in [2.05, 4.69) is 18.5 Å². The number of hydrogen-bond acceptors (Lipinski definition) is 4. The summed E-state index contributed by atoms with van der Waals surface area (Å²) >= 11 is 0. The first-order valence-electron chi connectivity index (χ1n) is 7.72. The molecule has 0 fully saturated rings. The van der Waals surface area contributed by atoms with Crippen LogP contribution in [0, 0.1) is 16.0 Å². The van der Waals surface area contributed by atoms with Gasteiger partial charge in [-0.1, -0.05) is 25.1 Å². The normalized spacial score (nSPS) is 18.0. The number of benzene rings is 1. The molecule has 0 bridgehead atoms. The third-order valence-corrected chi connectivity index (χ3v) is 4.11. The van der Waals surface area contributed by atoms with Crippen LogP contribution in [0.15, 0.2) is 35.3 Å². The van der Waals surface area contributed by atoms with E-state index in [1.54, 1.807) is 6.07 Å². The molecule has 0 aromatic heterocycles. The summed E-state index contributed by atoms with van der Waals surface area (Å²) in [5, 5.41) is 11.5. The molecule has 2 rings (SSSR count). The van der Waals surface area contributed by atoms with Gasteiger partial charge in [-0.2, -0.15) is 0 Å². The lowest BCUT2D eigenvalue weighted by Gasteiger charge is -2.23. The number of aliphatic imine (C=N–C) groups is 1. The first-order chi connectivity index (χ1) is 10.5. The minimum Gasteiger partial charge on any atom is -0.367 e. The quantitative estimate of drug-likeness (QED) is 0.472. The largest absolute Gasteiger partial charge is 0.367 e. The van der Waals surface area contributed by atoms with Gasteiger partial charge in [-0.15, -0.1) is 0 Å². The molecular formula is C17H23N3O2. The Hall–Kier alpha value is -2.17. The predicted octanol–water partition coefficient (Wildman–Crippen LogP) is 3.83. The van der Waals surface area contributed by atoms with Crippen molar-refractivity contribution >= 4 is 17.1 Å². The van der Waals surface area contributed by atoms with E-state index in [1.165, 1.54) is 0 Å². The van der Waals surface area contributed by atoms with E-state index in [1.807, 2.05) is 30.9 Å². The highest BCUT2D eigenvalue weighted by atomic mass is 16.6. The highest BCUT2D eigenvalue weighted by molar-refractivity contribution is 6.03. The zero-order valence-corrected chi connectivity index (χ0v) is 13.5. The lowest BCUT2D eigenvalue weighted by atomic mass is 9.89. The van der Waals surface area contributed by atoms with Gasteiger partial charge in [0, 0.05) is 36.3 Å². The minimum atomic E-state index is -0.301.